The van der Waals surface area contributed by atoms with Gasteiger partial charge in [-0.1, -0.05) is 0 Å². The molecule has 1 saturated heterocycles. The highest BCUT2D eigenvalue weighted by atomic mass is 16.6. The number of nitrogens with one attached hydrogen (secondary N) is 1. The number of nitro groups is 1. The topological polar surface area (TPSA) is 114 Å². The van der Waals surface area contributed by atoms with Crippen LogP contribution in [0.4, 0.5) is 11.5 Å². The Kier molecular flexibility index (Phi) is 6.09. The van der Waals surface area contributed by atoms with Gasteiger partial charge in [0.25, 0.3) is 11.2 Å². The highest BCUT2D eigenvalue weighted by Gasteiger charge is 2.18. The van der Waals surface area contributed by atoms with Gasteiger partial charge in [-0.05, 0) is 18.6 Å². The summed E-state index contributed by atoms with van der Waals surface area (Å²) in [5.41, 5.74) is -0.680. The lowest BCUT2D eigenvalue weighted by molar-refractivity contribution is -0.384. The van der Waals surface area contributed by atoms with E-state index in [2.05, 4.69) is 9.88 Å². The Morgan fingerprint density at radius 1 is 1.14 bits per heavy atom. The summed E-state index contributed by atoms with van der Waals surface area (Å²) in [6.45, 7) is 4.51. The number of hydrogen-bond acceptors (Lipinski definition) is 7. The number of non-ortho nitro benzene ring substituents is 1. The van der Waals surface area contributed by atoms with E-state index < -0.39 is 10.6 Å². The van der Waals surface area contributed by atoms with E-state index in [0.29, 0.717) is 18.2 Å². The zero-order chi connectivity index (χ0) is 20.1. The third-order valence-electron chi connectivity index (χ3n) is 4.78. The van der Waals surface area contributed by atoms with Gasteiger partial charge in [0.15, 0.2) is 0 Å². The van der Waals surface area contributed by atoms with Crippen molar-refractivity contribution >= 4 is 11.5 Å². The first-order valence-corrected chi connectivity index (χ1v) is 9.09. The number of hydrogen-bond donors (Lipinski definition) is 1. The van der Waals surface area contributed by atoms with Gasteiger partial charge in [0, 0.05) is 58.0 Å². The van der Waals surface area contributed by atoms with E-state index in [9.17, 15) is 19.7 Å². The maximum Gasteiger partial charge on any atom is 0.329 e. The first-order valence-electron chi connectivity index (χ1n) is 9.09. The SMILES string of the molecule is Cn1c(=O)cc(N2CCN(CCCOc3ccc([N+](=O)[O-])cc3)CC2)[nH]c1=O. The van der Waals surface area contributed by atoms with Crippen LogP contribution in [0.3, 0.4) is 0 Å². The molecule has 0 spiro atoms. The average molecular weight is 389 g/mol. The summed E-state index contributed by atoms with van der Waals surface area (Å²) in [6, 6.07) is 7.50. The van der Waals surface area contributed by atoms with Crippen molar-refractivity contribution in [1.82, 2.24) is 14.5 Å². The second-order valence-electron chi connectivity index (χ2n) is 6.64. The lowest BCUT2D eigenvalue weighted by Gasteiger charge is -2.35. The van der Waals surface area contributed by atoms with Crippen LogP contribution in [-0.2, 0) is 7.05 Å². The quantitative estimate of drug-likeness (QED) is 0.418. The fraction of sp³-hybridized carbons (Fsp3) is 0.444. The molecular formula is C18H23N5O5. The van der Waals surface area contributed by atoms with Crippen LogP contribution in [0, 0.1) is 10.1 Å². The van der Waals surface area contributed by atoms with Crippen LogP contribution < -0.4 is 20.9 Å². The monoisotopic (exact) mass is 389 g/mol. The van der Waals surface area contributed by atoms with E-state index in [1.165, 1.54) is 25.2 Å². The molecule has 0 aliphatic carbocycles. The predicted octanol–water partition coefficient (Wildman–Crippen LogP) is 0.573. The van der Waals surface area contributed by atoms with Crippen molar-refractivity contribution in [1.29, 1.82) is 0 Å². The normalized spacial score (nSPS) is 14.8. The fourth-order valence-corrected chi connectivity index (χ4v) is 3.07. The zero-order valence-electron chi connectivity index (χ0n) is 15.7. The molecule has 1 fully saturated rings. The van der Waals surface area contributed by atoms with E-state index in [0.717, 1.165) is 43.7 Å². The van der Waals surface area contributed by atoms with Gasteiger partial charge in [0.1, 0.15) is 11.6 Å². The molecule has 28 heavy (non-hydrogen) atoms. The summed E-state index contributed by atoms with van der Waals surface area (Å²) in [6.07, 6.45) is 0.833. The standard InChI is InChI=1S/C18H23N5O5/c1-20-17(24)13-16(19-18(20)25)22-10-8-21(9-11-22)7-2-12-28-15-5-3-14(4-6-15)23(26)27/h3-6,13H,2,7-12H2,1H3,(H,19,25). The Hall–Kier alpha value is -3.14. The Labute approximate surface area is 161 Å². The van der Waals surface area contributed by atoms with Gasteiger partial charge in [-0.25, -0.2) is 4.79 Å². The van der Waals surface area contributed by atoms with E-state index >= 15 is 0 Å². The smallest absolute Gasteiger partial charge is 0.329 e. The molecule has 0 atom stereocenters. The Bertz CT molecular complexity index is 897. The van der Waals surface area contributed by atoms with E-state index in [-0.39, 0.29) is 11.2 Å². The number of anilines is 1. The lowest BCUT2D eigenvalue weighted by atomic mass is 10.3. The highest BCUT2D eigenvalue weighted by molar-refractivity contribution is 5.37. The number of aromatic amines is 1. The van der Waals surface area contributed by atoms with Crippen molar-refractivity contribution in [3.05, 3.63) is 61.3 Å². The minimum atomic E-state index is -0.438. The molecule has 2 aromatic rings. The molecule has 10 nitrogen and oxygen atoms in total. The number of piperazine rings is 1. The number of aromatic nitrogens is 2. The number of H-pyrrole nitrogens is 1. The summed E-state index contributed by atoms with van der Waals surface area (Å²) in [5, 5.41) is 10.6. The van der Waals surface area contributed by atoms with Crippen molar-refractivity contribution in [2.24, 2.45) is 7.05 Å². The van der Waals surface area contributed by atoms with Crippen LogP contribution in [-0.4, -0.2) is 58.7 Å². The van der Waals surface area contributed by atoms with Crippen LogP contribution in [0.25, 0.3) is 0 Å². The molecule has 2 heterocycles. The van der Waals surface area contributed by atoms with Crippen LogP contribution in [0.5, 0.6) is 5.75 Å². The molecule has 3 rings (SSSR count). The minimum Gasteiger partial charge on any atom is -0.494 e. The molecule has 0 unspecified atom stereocenters. The molecule has 0 bridgehead atoms. The molecule has 150 valence electrons. The van der Waals surface area contributed by atoms with Gasteiger partial charge in [0.2, 0.25) is 0 Å². The Balaban J connectivity index is 1.40. The number of benzene rings is 1. The maximum atomic E-state index is 11.8. The van der Waals surface area contributed by atoms with Gasteiger partial charge in [-0.15, -0.1) is 0 Å². The van der Waals surface area contributed by atoms with Crippen LogP contribution >= 0.6 is 0 Å². The van der Waals surface area contributed by atoms with Gasteiger partial charge in [-0.2, -0.15) is 0 Å². The number of nitrogens with zero attached hydrogens (tertiary/aromatic N) is 4. The molecule has 1 aromatic heterocycles. The molecular weight excluding hydrogens is 366 g/mol. The molecule has 1 aromatic carbocycles. The molecule has 10 heteroatoms. The Morgan fingerprint density at radius 3 is 2.43 bits per heavy atom. The van der Waals surface area contributed by atoms with E-state index in [1.807, 2.05) is 4.90 Å². The minimum absolute atomic E-state index is 0.0443. The summed E-state index contributed by atoms with van der Waals surface area (Å²) in [7, 11) is 1.45. The lowest BCUT2D eigenvalue weighted by Crippen LogP contribution is -2.48. The molecule has 0 radical (unpaired) electrons. The molecule has 1 aliphatic rings. The summed E-state index contributed by atoms with van der Waals surface area (Å²) in [5.74, 6) is 1.18. The fourth-order valence-electron chi connectivity index (χ4n) is 3.07. The Morgan fingerprint density at radius 2 is 1.82 bits per heavy atom. The van der Waals surface area contributed by atoms with Gasteiger partial charge in [0.05, 0.1) is 11.5 Å². The average Bonchev–Trinajstić information content (AvgIpc) is 2.70. The maximum absolute atomic E-state index is 11.8. The van der Waals surface area contributed by atoms with Crippen LogP contribution in [0.15, 0.2) is 39.9 Å². The zero-order valence-corrected chi connectivity index (χ0v) is 15.7. The number of rotatable bonds is 7. The third-order valence-corrected chi connectivity index (χ3v) is 4.78. The molecule has 0 saturated carbocycles. The van der Waals surface area contributed by atoms with Gasteiger partial charge < -0.3 is 9.64 Å². The predicted molar refractivity (Wildman–Crippen MR) is 104 cm³/mol. The largest absolute Gasteiger partial charge is 0.494 e. The van der Waals surface area contributed by atoms with Crippen LogP contribution in [0.1, 0.15) is 6.42 Å². The first-order chi connectivity index (χ1) is 13.4. The molecule has 1 aliphatic heterocycles. The summed E-state index contributed by atoms with van der Waals surface area (Å²) >= 11 is 0. The van der Waals surface area contributed by atoms with E-state index in [1.54, 1.807) is 12.1 Å². The van der Waals surface area contributed by atoms with Crippen molar-refractivity contribution in [2.45, 2.75) is 6.42 Å². The first kappa shape index (κ1) is 19.6. The second-order valence-corrected chi connectivity index (χ2v) is 6.64. The summed E-state index contributed by atoms with van der Waals surface area (Å²) in [4.78, 5) is 40.7. The van der Waals surface area contributed by atoms with Crippen molar-refractivity contribution in [3.63, 3.8) is 0 Å². The summed E-state index contributed by atoms with van der Waals surface area (Å²) < 4.78 is 6.67. The second kappa shape index (κ2) is 8.70. The van der Waals surface area contributed by atoms with Crippen molar-refractivity contribution in [2.75, 3.05) is 44.2 Å². The molecule has 0 amide bonds. The number of nitro benzene ring substituents is 1. The highest BCUT2D eigenvalue weighted by Crippen LogP contribution is 2.17. The van der Waals surface area contributed by atoms with Crippen molar-refractivity contribution in [3.8, 4) is 5.75 Å². The molecule has 1 N–H and O–H groups in total. The van der Waals surface area contributed by atoms with Gasteiger partial charge >= 0.3 is 5.69 Å². The van der Waals surface area contributed by atoms with Crippen LogP contribution in [0.2, 0.25) is 0 Å². The third kappa shape index (κ3) is 4.77. The van der Waals surface area contributed by atoms with E-state index in [4.69, 9.17) is 4.74 Å². The van der Waals surface area contributed by atoms with Gasteiger partial charge in [-0.3, -0.25) is 29.4 Å². The van der Waals surface area contributed by atoms with Crippen molar-refractivity contribution < 1.29 is 9.66 Å². The number of ether oxygens (including phenoxy) is 1.